The topological polar surface area (TPSA) is 67.8 Å². The van der Waals surface area contributed by atoms with Gasteiger partial charge in [-0.3, -0.25) is 0 Å². The Balaban J connectivity index is 0.000000486. The summed E-state index contributed by atoms with van der Waals surface area (Å²) in [5.41, 5.74) is -0.469. The number of halogens is 3. The maximum atomic E-state index is 10.6. The van der Waals surface area contributed by atoms with Crippen LogP contribution in [0.25, 0.3) is 0 Å². The Morgan fingerprint density at radius 2 is 1.52 bits per heavy atom. The molecule has 0 aromatic heterocycles. The van der Waals surface area contributed by atoms with Crippen molar-refractivity contribution in [2.45, 2.75) is 58.9 Å². The second kappa shape index (κ2) is 6.98. The van der Waals surface area contributed by atoms with Crippen LogP contribution in [-0.4, -0.2) is 42.3 Å². The zero-order valence-corrected chi connectivity index (χ0v) is 13.2. The molecule has 0 bridgehead atoms. The number of carboxylic acids is 1. The van der Waals surface area contributed by atoms with Crippen molar-refractivity contribution in [3.8, 4) is 0 Å². The molecule has 0 atom stereocenters. The van der Waals surface area contributed by atoms with Crippen LogP contribution in [0.1, 0.15) is 41.5 Å². The molecule has 5 nitrogen and oxygen atoms in total. The lowest BCUT2D eigenvalue weighted by atomic mass is 9.90. The highest BCUT2D eigenvalue weighted by molar-refractivity contribution is 6.42. The summed E-state index contributed by atoms with van der Waals surface area (Å²) < 4.78 is 43.3. The molecule has 0 aromatic rings. The summed E-state index contributed by atoms with van der Waals surface area (Å²) in [6, 6.07) is 0. The van der Waals surface area contributed by atoms with Crippen molar-refractivity contribution in [1.82, 2.24) is 5.23 Å². The molecule has 1 saturated heterocycles. The Kier molecular flexibility index (Phi) is 6.71. The van der Waals surface area contributed by atoms with Gasteiger partial charge in [-0.05, 0) is 40.2 Å². The van der Waals surface area contributed by atoms with Gasteiger partial charge in [0.2, 0.25) is 0 Å². The number of nitrogens with one attached hydrogen (secondary N) is 1. The van der Waals surface area contributed by atoms with Crippen LogP contribution < -0.4 is 5.23 Å². The van der Waals surface area contributed by atoms with Crippen molar-refractivity contribution in [3.63, 3.8) is 0 Å². The third kappa shape index (κ3) is 6.67. The molecule has 0 aromatic carbocycles. The van der Waals surface area contributed by atoms with Gasteiger partial charge in [0.1, 0.15) is 0 Å². The van der Waals surface area contributed by atoms with Crippen molar-refractivity contribution in [2.24, 2.45) is 5.92 Å². The average molecular weight is 313 g/mol. The average Bonchev–Trinajstić information content (AvgIpc) is 2.44. The smallest absolute Gasteiger partial charge is 0.475 e. The molecule has 0 aliphatic carbocycles. The van der Waals surface area contributed by atoms with Crippen LogP contribution in [-0.2, 0) is 14.1 Å². The molecule has 1 fully saturated rings. The Labute approximate surface area is 123 Å². The summed E-state index contributed by atoms with van der Waals surface area (Å²) in [5, 5.41) is 10.4. The number of carboxylic acid groups (broad SMARTS) is 1. The fourth-order valence-electron chi connectivity index (χ4n) is 1.26. The summed E-state index contributed by atoms with van der Waals surface area (Å²) in [6.45, 7) is 13.5. The first kappa shape index (κ1) is 20.2. The van der Waals surface area contributed by atoms with E-state index in [0.717, 1.165) is 6.54 Å². The normalized spacial score (nSPS) is 20.2. The highest BCUT2D eigenvalue weighted by Gasteiger charge is 2.51. The SMILES string of the molecule is CC(C)CNB1OC(C)(C)C(C)(C)O1.O=C(O)C(F)(F)F. The zero-order chi connectivity index (χ0) is 17.1. The van der Waals surface area contributed by atoms with Crippen LogP contribution in [0.3, 0.4) is 0 Å². The molecule has 21 heavy (non-hydrogen) atoms. The monoisotopic (exact) mass is 313 g/mol. The van der Waals surface area contributed by atoms with E-state index in [0.29, 0.717) is 5.92 Å². The Hall–Kier alpha value is -0.795. The van der Waals surface area contributed by atoms with Crippen molar-refractivity contribution in [2.75, 3.05) is 6.54 Å². The van der Waals surface area contributed by atoms with Crippen LogP contribution in [0.5, 0.6) is 0 Å². The molecule has 1 heterocycles. The largest absolute Gasteiger partial charge is 0.555 e. The first-order valence-electron chi connectivity index (χ1n) is 6.58. The predicted molar refractivity (Wildman–Crippen MR) is 72.6 cm³/mol. The second-order valence-electron chi connectivity index (χ2n) is 6.19. The quantitative estimate of drug-likeness (QED) is 0.784. The first-order chi connectivity index (χ1) is 9.19. The van der Waals surface area contributed by atoms with Crippen LogP contribution in [0.15, 0.2) is 0 Å². The van der Waals surface area contributed by atoms with E-state index in [9.17, 15) is 13.2 Å². The fourth-order valence-corrected chi connectivity index (χ4v) is 1.26. The molecule has 2 N–H and O–H groups in total. The second-order valence-corrected chi connectivity index (χ2v) is 6.19. The van der Waals surface area contributed by atoms with Crippen molar-refractivity contribution in [1.29, 1.82) is 0 Å². The minimum absolute atomic E-state index is 0.234. The highest BCUT2D eigenvalue weighted by atomic mass is 19.4. The molecule has 0 spiro atoms. The van der Waals surface area contributed by atoms with Crippen LogP contribution in [0.2, 0.25) is 0 Å². The molecule has 0 radical (unpaired) electrons. The zero-order valence-electron chi connectivity index (χ0n) is 13.2. The predicted octanol–water partition coefficient (Wildman–Crippen LogP) is 2.45. The van der Waals surface area contributed by atoms with Gasteiger partial charge in [0.15, 0.2) is 0 Å². The lowest BCUT2D eigenvalue weighted by molar-refractivity contribution is -0.192. The van der Waals surface area contributed by atoms with Gasteiger partial charge >= 0.3 is 19.4 Å². The van der Waals surface area contributed by atoms with E-state index in [4.69, 9.17) is 19.2 Å². The number of rotatable bonds is 3. The first-order valence-corrected chi connectivity index (χ1v) is 6.58. The Morgan fingerprint density at radius 1 is 1.19 bits per heavy atom. The van der Waals surface area contributed by atoms with E-state index in [1.165, 1.54) is 0 Å². The Morgan fingerprint density at radius 3 is 1.76 bits per heavy atom. The van der Waals surface area contributed by atoms with Gasteiger partial charge in [-0.25, -0.2) is 4.79 Å². The summed E-state index contributed by atoms with van der Waals surface area (Å²) in [7, 11) is -0.262. The highest BCUT2D eigenvalue weighted by Crippen LogP contribution is 2.35. The van der Waals surface area contributed by atoms with Crippen molar-refractivity contribution < 1.29 is 32.4 Å². The van der Waals surface area contributed by atoms with Gasteiger partial charge in [-0.2, -0.15) is 13.2 Å². The molecular weight excluding hydrogens is 290 g/mol. The van der Waals surface area contributed by atoms with Gasteiger partial charge in [0, 0.05) is 0 Å². The number of carbonyl (C=O) groups is 1. The van der Waals surface area contributed by atoms with Crippen LogP contribution >= 0.6 is 0 Å². The van der Waals surface area contributed by atoms with Crippen LogP contribution in [0, 0.1) is 5.92 Å². The van der Waals surface area contributed by atoms with Crippen molar-refractivity contribution >= 4 is 13.2 Å². The van der Waals surface area contributed by atoms with E-state index in [-0.39, 0.29) is 18.5 Å². The fraction of sp³-hybridized carbons (Fsp3) is 0.917. The number of hydrogen-bond acceptors (Lipinski definition) is 4. The molecular formula is C12H23BF3NO4. The Bertz CT molecular complexity index is 343. The third-order valence-corrected chi connectivity index (χ3v) is 3.19. The molecule has 9 heteroatoms. The number of hydrogen-bond donors (Lipinski definition) is 2. The summed E-state index contributed by atoms with van der Waals surface area (Å²) in [4.78, 5) is 8.90. The van der Waals surface area contributed by atoms with Gasteiger partial charge in [-0.15, -0.1) is 0 Å². The summed E-state index contributed by atoms with van der Waals surface area (Å²) in [6.07, 6.45) is -5.08. The molecule has 1 aliphatic heterocycles. The molecule has 1 rings (SSSR count). The van der Waals surface area contributed by atoms with Gasteiger partial charge < -0.3 is 19.6 Å². The van der Waals surface area contributed by atoms with Crippen LogP contribution in [0.4, 0.5) is 13.2 Å². The third-order valence-electron chi connectivity index (χ3n) is 3.19. The molecule has 0 unspecified atom stereocenters. The molecule has 124 valence electrons. The van der Waals surface area contributed by atoms with Gasteiger partial charge in [0.25, 0.3) is 0 Å². The molecule has 0 saturated carbocycles. The summed E-state index contributed by atoms with van der Waals surface area (Å²) in [5.74, 6) is -2.15. The van der Waals surface area contributed by atoms with E-state index >= 15 is 0 Å². The molecule has 0 amide bonds. The van der Waals surface area contributed by atoms with Crippen molar-refractivity contribution in [3.05, 3.63) is 0 Å². The standard InChI is InChI=1S/C10H22BNO2.C2HF3O2/c1-8(2)7-12-11-13-9(3,4)10(5,6)14-11;3-2(4,5)1(6)7/h8,12H,7H2,1-6H3;(H,6,7). The lowest BCUT2D eigenvalue weighted by Gasteiger charge is -2.32. The molecule has 1 aliphatic rings. The maximum Gasteiger partial charge on any atom is 0.555 e. The lowest BCUT2D eigenvalue weighted by Crippen LogP contribution is -2.41. The van der Waals surface area contributed by atoms with E-state index in [1.54, 1.807) is 0 Å². The van der Waals surface area contributed by atoms with E-state index in [2.05, 4.69) is 46.8 Å². The maximum absolute atomic E-state index is 10.6. The number of alkyl halides is 3. The van der Waals surface area contributed by atoms with E-state index in [1.807, 2.05) is 0 Å². The minimum atomic E-state index is -5.08. The summed E-state index contributed by atoms with van der Waals surface area (Å²) >= 11 is 0. The van der Waals surface area contributed by atoms with E-state index < -0.39 is 12.1 Å². The van der Waals surface area contributed by atoms with Gasteiger partial charge in [0.05, 0.1) is 11.2 Å². The number of aliphatic carboxylic acids is 1. The van der Waals surface area contributed by atoms with Gasteiger partial charge in [-0.1, -0.05) is 13.8 Å². The minimum Gasteiger partial charge on any atom is -0.475 e.